The molecule has 0 bridgehead atoms. The Balaban J connectivity index is 1.27. The predicted molar refractivity (Wildman–Crippen MR) is 135 cm³/mol. The van der Waals surface area contributed by atoms with Crippen molar-refractivity contribution in [1.82, 2.24) is 9.80 Å². The lowest BCUT2D eigenvalue weighted by atomic mass is 9.44. The summed E-state index contributed by atoms with van der Waals surface area (Å²) in [5.41, 5.74) is 0.399. The largest absolute Gasteiger partial charge is 0.460 e. The van der Waals surface area contributed by atoms with E-state index in [1.165, 1.54) is 44.9 Å². The Morgan fingerprint density at radius 3 is 2.34 bits per heavy atom. The number of aliphatic hydroxyl groups excluding tert-OH is 1. The van der Waals surface area contributed by atoms with Crippen LogP contribution in [-0.4, -0.2) is 84.6 Å². The van der Waals surface area contributed by atoms with E-state index in [1.807, 2.05) is 0 Å². The van der Waals surface area contributed by atoms with Crippen molar-refractivity contribution in [3.63, 3.8) is 0 Å². The van der Waals surface area contributed by atoms with Gasteiger partial charge in [0.25, 0.3) is 0 Å². The maximum absolute atomic E-state index is 12.2. The average Bonchev–Trinajstić information content (AvgIpc) is 3.46. The molecule has 0 aromatic rings. The van der Waals surface area contributed by atoms with Crippen LogP contribution in [0.15, 0.2) is 0 Å². The van der Waals surface area contributed by atoms with E-state index in [0.717, 1.165) is 64.1 Å². The van der Waals surface area contributed by atoms with Crippen molar-refractivity contribution in [2.24, 2.45) is 34.5 Å². The highest BCUT2D eigenvalue weighted by Crippen LogP contribution is 2.67. The second-order valence-corrected chi connectivity index (χ2v) is 13.5. The van der Waals surface area contributed by atoms with Gasteiger partial charge in [0.15, 0.2) is 0 Å². The van der Waals surface area contributed by atoms with Gasteiger partial charge in [-0.15, -0.1) is 0 Å². The molecule has 35 heavy (non-hydrogen) atoms. The minimum atomic E-state index is -0.198. The molecule has 0 radical (unpaired) electrons. The molecule has 6 nitrogen and oxygen atoms in total. The van der Waals surface area contributed by atoms with Gasteiger partial charge in [-0.1, -0.05) is 13.8 Å². The molecule has 4 saturated carbocycles. The van der Waals surface area contributed by atoms with Gasteiger partial charge in [0.2, 0.25) is 0 Å². The highest BCUT2D eigenvalue weighted by Gasteiger charge is 2.65. The summed E-state index contributed by atoms with van der Waals surface area (Å²) in [5.74, 6) is 2.63. The molecule has 1 N–H and O–H groups in total. The number of morpholine rings is 1. The molecule has 6 rings (SSSR count). The molecule has 6 fully saturated rings. The van der Waals surface area contributed by atoms with E-state index in [0.29, 0.717) is 23.3 Å². The van der Waals surface area contributed by atoms with Crippen LogP contribution in [-0.2, 0) is 14.3 Å². The third-order valence-electron chi connectivity index (χ3n) is 12.0. The monoisotopic (exact) mass is 488 g/mol. The maximum Gasteiger partial charge on any atom is 0.302 e. The van der Waals surface area contributed by atoms with Gasteiger partial charge in [0.1, 0.15) is 6.10 Å². The van der Waals surface area contributed by atoms with Crippen LogP contribution >= 0.6 is 0 Å². The van der Waals surface area contributed by atoms with Crippen molar-refractivity contribution in [1.29, 1.82) is 0 Å². The quantitative estimate of drug-likeness (QED) is 0.611. The van der Waals surface area contributed by atoms with Crippen LogP contribution < -0.4 is 0 Å². The lowest BCUT2D eigenvalue weighted by Crippen LogP contribution is -2.61. The Morgan fingerprint density at radius 2 is 1.63 bits per heavy atom. The second kappa shape index (κ2) is 9.25. The van der Waals surface area contributed by atoms with Crippen molar-refractivity contribution in [2.75, 3.05) is 39.4 Å². The van der Waals surface area contributed by atoms with Crippen LogP contribution in [0.3, 0.4) is 0 Å². The van der Waals surface area contributed by atoms with Crippen molar-refractivity contribution < 1.29 is 19.4 Å². The van der Waals surface area contributed by atoms with Crippen molar-refractivity contribution in [2.45, 2.75) is 103 Å². The van der Waals surface area contributed by atoms with E-state index >= 15 is 0 Å². The van der Waals surface area contributed by atoms with Gasteiger partial charge >= 0.3 is 5.97 Å². The van der Waals surface area contributed by atoms with Gasteiger partial charge in [-0.2, -0.15) is 0 Å². The summed E-state index contributed by atoms with van der Waals surface area (Å²) < 4.78 is 11.8. The summed E-state index contributed by atoms with van der Waals surface area (Å²) in [5, 5.41) is 11.2. The van der Waals surface area contributed by atoms with Crippen LogP contribution in [0.4, 0.5) is 0 Å². The summed E-state index contributed by atoms with van der Waals surface area (Å²) in [7, 11) is 0. The van der Waals surface area contributed by atoms with Crippen molar-refractivity contribution in [3.8, 4) is 0 Å². The molecule has 6 aliphatic rings. The minimum Gasteiger partial charge on any atom is -0.460 e. The van der Waals surface area contributed by atoms with Gasteiger partial charge < -0.3 is 14.6 Å². The first-order valence-electron chi connectivity index (χ1n) is 14.7. The highest BCUT2D eigenvalue weighted by molar-refractivity contribution is 5.66. The molecule has 2 aliphatic heterocycles. The number of carbonyl (C=O) groups is 1. The van der Waals surface area contributed by atoms with E-state index in [9.17, 15) is 9.90 Å². The van der Waals surface area contributed by atoms with Crippen LogP contribution in [0.5, 0.6) is 0 Å². The first-order valence-corrected chi connectivity index (χ1v) is 14.7. The molecule has 0 aromatic heterocycles. The van der Waals surface area contributed by atoms with Gasteiger partial charge in [0, 0.05) is 37.5 Å². The molecule has 198 valence electrons. The maximum atomic E-state index is 12.2. The first kappa shape index (κ1) is 24.6. The Morgan fingerprint density at radius 1 is 0.914 bits per heavy atom. The molecule has 2 heterocycles. The van der Waals surface area contributed by atoms with Crippen LogP contribution in [0.25, 0.3) is 0 Å². The molecule has 6 heteroatoms. The van der Waals surface area contributed by atoms with E-state index in [1.54, 1.807) is 6.92 Å². The zero-order chi connectivity index (χ0) is 24.4. The average molecular weight is 489 g/mol. The van der Waals surface area contributed by atoms with Gasteiger partial charge in [-0.25, -0.2) is 0 Å². The lowest BCUT2D eigenvalue weighted by molar-refractivity contribution is -0.172. The van der Waals surface area contributed by atoms with E-state index in [4.69, 9.17) is 9.47 Å². The molecule has 0 amide bonds. The fourth-order valence-corrected chi connectivity index (χ4v) is 10.3. The lowest BCUT2D eigenvalue weighted by Gasteiger charge is -2.62. The number of ether oxygens (including phenoxy) is 2. The molecule has 2 saturated heterocycles. The van der Waals surface area contributed by atoms with E-state index in [-0.39, 0.29) is 29.6 Å². The number of aliphatic hydroxyl groups is 1. The Kier molecular flexibility index (Phi) is 6.51. The fourth-order valence-electron chi connectivity index (χ4n) is 10.3. The number of hydrogen-bond donors (Lipinski definition) is 1. The number of hydrogen-bond acceptors (Lipinski definition) is 6. The third-order valence-corrected chi connectivity index (χ3v) is 12.0. The zero-order valence-electron chi connectivity index (χ0n) is 22.3. The number of carbonyl (C=O) groups excluding carboxylic acids is 1. The van der Waals surface area contributed by atoms with Gasteiger partial charge in [-0.3, -0.25) is 14.6 Å². The van der Waals surface area contributed by atoms with Gasteiger partial charge in [-0.05, 0) is 100.0 Å². The highest BCUT2D eigenvalue weighted by atomic mass is 16.5. The Bertz CT molecular complexity index is 796. The number of fused-ring (bicyclic) bond motifs is 5. The summed E-state index contributed by atoms with van der Waals surface area (Å²) in [6, 6.07) is 0.678. The standard InChI is InChI=1S/C29H48N2O4/c1-19(32)35-27-24(30-10-4-5-11-30)17-23-21-7-6-20-16-26(33)25(31-12-14-34-15-13-31)18-29(20,3)22(21)8-9-28(23,27)2/h20-27,33H,4-18H2,1-3H3/t20-,21?,22?,23?,24-,25-,26-,27-,28-,29-/m0/s1. The molecule has 3 unspecified atom stereocenters. The van der Waals surface area contributed by atoms with Crippen LogP contribution in [0.1, 0.15) is 78.6 Å². The van der Waals surface area contributed by atoms with Crippen molar-refractivity contribution >= 4 is 5.97 Å². The molecular weight excluding hydrogens is 440 g/mol. The number of likely N-dealkylation sites (tertiary alicyclic amines) is 1. The van der Waals surface area contributed by atoms with Gasteiger partial charge in [0.05, 0.1) is 19.3 Å². The predicted octanol–water partition coefficient (Wildman–Crippen LogP) is 3.71. The van der Waals surface area contributed by atoms with Crippen molar-refractivity contribution in [3.05, 3.63) is 0 Å². The topological polar surface area (TPSA) is 62.2 Å². The second-order valence-electron chi connectivity index (χ2n) is 13.5. The smallest absolute Gasteiger partial charge is 0.302 e. The normalized spacial score (nSPS) is 50.9. The molecular formula is C29H48N2O4. The summed E-state index contributed by atoms with van der Waals surface area (Å²) in [4.78, 5) is 17.4. The Labute approximate surface area is 212 Å². The van der Waals surface area contributed by atoms with Crippen LogP contribution in [0.2, 0.25) is 0 Å². The molecule has 0 spiro atoms. The van der Waals surface area contributed by atoms with E-state index < -0.39 is 0 Å². The van der Waals surface area contributed by atoms with E-state index in [2.05, 4.69) is 23.6 Å². The molecule has 4 aliphatic carbocycles. The minimum absolute atomic E-state index is 0.0452. The molecule has 0 aromatic carbocycles. The number of rotatable bonds is 3. The summed E-state index contributed by atoms with van der Waals surface area (Å²) in [6.07, 6.45) is 10.7. The number of esters is 1. The van der Waals surface area contributed by atoms with Crippen LogP contribution in [0, 0.1) is 34.5 Å². The SMILES string of the molecule is CC(=O)O[C@H]1[C@@H](N2CCCC2)CC2C3CC[C@H]4C[C@H](O)[C@@H](N5CCOCC5)C[C@]4(C)C3CC[C@@]21C. The summed E-state index contributed by atoms with van der Waals surface area (Å²) >= 11 is 0. The zero-order valence-corrected chi connectivity index (χ0v) is 22.3. The summed E-state index contributed by atoms with van der Waals surface area (Å²) in [6.45, 7) is 12.5. The number of nitrogens with zero attached hydrogens (tertiary/aromatic N) is 2. The molecule has 10 atom stereocenters. The first-order chi connectivity index (χ1) is 16.8. The Hall–Kier alpha value is -0.690. The third kappa shape index (κ3) is 4.00. The fraction of sp³-hybridized carbons (Fsp3) is 0.966.